The summed E-state index contributed by atoms with van der Waals surface area (Å²) in [6.45, 7) is 7.17. The molecule has 2 bridgehead atoms. The summed E-state index contributed by atoms with van der Waals surface area (Å²) in [5.41, 5.74) is 2.98. The van der Waals surface area contributed by atoms with Crippen molar-refractivity contribution in [3.05, 3.63) is 71.8 Å². The Balaban J connectivity index is 1.34. The standard InChI is InChI=1S/C30H35NO4/c1-2-16-34-30-13-12-23(32)28-29(30)14-15-31(18-20-8-9-20)25(30)17-22-10-11-24(27(35-28)26(22)29)33-19-21-6-4-3-5-7-21/h2-7,10-11,20,23,25,28,32H,1,8-9,12-19H2/t23-,25+,28-,29-,30?/m0/s1. The molecule has 35 heavy (non-hydrogen) atoms. The van der Waals surface area contributed by atoms with E-state index in [0.29, 0.717) is 25.7 Å². The fourth-order valence-electron chi connectivity index (χ4n) is 7.77. The lowest BCUT2D eigenvalue weighted by Gasteiger charge is -2.65. The first-order valence-corrected chi connectivity index (χ1v) is 13.3. The molecule has 0 aromatic heterocycles. The normalized spacial score (nSPS) is 34.7. The average Bonchev–Trinajstić information content (AvgIpc) is 3.63. The molecule has 2 aliphatic heterocycles. The van der Waals surface area contributed by atoms with E-state index in [2.05, 4.69) is 35.7 Å². The van der Waals surface area contributed by atoms with Gasteiger partial charge in [0.05, 0.1) is 23.7 Å². The molecular formula is C30H35NO4. The van der Waals surface area contributed by atoms with E-state index in [-0.39, 0.29) is 17.1 Å². The number of benzene rings is 2. The summed E-state index contributed by atoms with van der Waals surface area (Å²) in [4.78, 5) is 2.71. The number of ether oxygens (including phenoxy) is 3. The molecule has 2 aromatic carbocycles. The molecule has 2 aromatic rings. The van der Waals surface area contributed by atoms with Gasteiger partial charge in [0, 0.05) is 18.2 Å². The van der Waals surface area contributed by atoms with Gasteiger partial charge in [-0.3, -0.25) is 4.90 Å². The lowest BCUT2D eigenvalue weighted by molar-refractivity contribution is -0.228. The number of hydrogen-bond acceptors (Lipinski definition) is 5. The van der Waals surface area contributed by atoms with Gasteiger partial charge in [-0.1, -0.05) is 42.5 Å². The molecule has 1 N–H and O–H groups in total. The van der Waals surface area contributed by atoms with E-state index >= 15 is 0 Å². The fourth-order valence-corrected chi connectivity index (χ4v) is 7.77. The zero-order valence-electron chi connectivity index (χ0n) is 20.3. The largest absolute Gasteiger partial charge is 0.485 e. The van der Waals surface area contributed by atoms with Crippen molar-refractivity contribution >= 4 is 0 Å². The van der Waals surface area contributed by atoms with E-state index in [1.807, 2.05) is 24.3 Å². The highest BCUT2D eigenvalue weighted by atomic mass is 16.5. The van der Waals surface area contributed by atoms with Crippen LogP contribution in [0.1, 0.15) is 48.8 Å². The van der Waals surface area contributed by atoms with Crippen LogP contribution in [0.5, 0.6) is 11.5 Å². The summed E-state index contributed by atoms with van der Waals surface area (Å²) in [5, 5.41) is 11.3. The van der Waals surface area contributed by atoms with Gasteiger partial charge >= 0.3 is 0 Å². The number of rotatable bonds is 8. The topological polar surface area (TPSA) is 51.2 Å². The van der Waals surface area contributed by atoms with Gasteiger partial charge in [0.25, 0.3) is 0 Å². The van der Waals surface area contributed by atoms with Crippen LogP contribution in [0, 0.1) is 5.92 Å². The maximum absolute atomic E-state index is 11.3. The Morgan fingerprint density at radius 1 is 1.11 bits per heavy atom. The summed E-state index contributed by atoms with van der Waals surface area (Å²) >= 11 is 0. The second kappa shape index (κ2) is 8.09. The first-order chi connectivity index (χ1) is 17.2. The van der Waals surface area contributed by atoms with Crippen LogP contribution in [0.3, 0.4) is 0 Å². The monoisotopic (exact) mass is 473 g/mol. The Morgan fingerprint density at radius 2 is 1.97 bits per heavy atom. The van der Waals surface area contributed by atoms with Crippen LogP contribution in [-0.4, -0.2) is 53.6 Å². The minimum Gasteiger partial charge on any atom is -0.485 e. The SMILES string of the molecule is C=CCOC12CC[C@H](O)[C@@H]3Oc4c(OCc5ccccc5)ccc5c4[C@@]31CCN(CC1CC1)[C@@H]2C5. The van der Waals surface area contributed by atoms with Crippen molar-refractivity contribution in [2.24, 2.45) is 5.92 Å². The van der Waals surface area contributed by atoms with Gasteiger partial charge in [0.2, 0.25) is 0 Å². The number of likely N-dealkylation sites (tertiary alicyclic amines) is 1. The predicted molar refractivity (Wildman–Crippen MR) is 134 cm³/mol. The van der Waals surface area contributed by atoms with Crippen LogP contribution >= 0.6 is 0 Å². The quantitative estimate of drug-likeness (QED) is 0.576. The zero-order valence-corrected chi connectivity index (χ0v) is 20.3. The molecule has 2 saturated carbocycles. The van der Waals surface area contributed by atoms with Crippen LogP contribution < -0.4 is 9.47 Å². The maximum Gasteiger partial charge on any atom is 0.166 e. The van der Waals surface area contributed by atoms with Crippen molar-refractivity contribution in [2.45, 2.75) is 74.4 Å². The zero-order chi connectivity index (χ0) is 23.6. The molecule has 3 aliphatic carbocycles. The van der Waals surface area contributed by atoms with Crippen molar-refractivity contribution in [1.29, 1.82) is 0 Å². The highest BCUT2D eigenvalue weighted by molar-refractivity contribution is 5.63. The molecule has 7 rings (SSSR count). The molecule has 5 nitrogen and oxygen atoms in total. The second-order valence-electron chi connectivity index (χ2n) is 11.2. The van der Waals surface area contributed by atoms with Crippen LogP contribution in [0.4, 0.5) is 0 Å². The third kappa shape index (κ3) is 3.11. The van der Waals surface area contributed by atoms with Gasteiger partial charge in [-0.15, -0.1) is 6.58 Å². The highest BCUT2D eigenvalue weighted by Gasteiger charge is 2.74. The van der Waals surface area contributed by atoms with E-state index in [9.17, 15) is 5.11 Å². The number of piperidine rings is 1. The lowest BCUT2D eigenvalue weighted by Crippen LogP contribution is -2.78. The van der Waals surface area contributed by atoms with Gasteiger partial charge in [0.1, 0.15) is 12.7 Å². The van der Waals surface area contributed by atoms with Crippen LogP contribution in [0.15, 0.2) is 55.1 Å². The van der Waals surface area contributed by atoms with Gasteiger partial charge in [-0.25, -0.2) is 0 Å². The lowest BCUT2D eigenvalue weighted by atomic mass is 9.48. The van der Waals surface area contributed by atoms with Crippen LogP contribution in [-0.2, 0) is 23.2 Å². The van der Waals surface area contributed by atoms with E-state index < -0.39 is 6.10 Å². The molecule has 5 heteroatoms. The summed E-state index contributed by atoms with van der Waals surface area (Å²) in [6, 6.07) is 14.9. The summed E-state index contributed by atoms with van der Waals surface area (Å²) in [6.07, 6.45) is 7.20. The van der Waals surface area contributed by atoms with E-state index in [0.717, 1.165) is 55.3 Å². The molecule has 0 radical (unpaired) electrons. The molecular weight excluding hydrogens is 438 g/mol. The number of aliphatic hydroxyl groups is 1. The van der Waals surface area contributed by atoms with Gasteiger partial charge in [0.15, 0.2) is 11.5 Å². The van der Waals surface area contributed by atoms with Crippen LogP contribution in [0.2, 0.25) is 0 Å². The van der Waals surface area contributed by atoms with Crippen LogP contribution in [0.25, 0.3) is 0 Å². The first-order valence-electron chi connectivity index (χ1n) is 13.3. The Hall–Kier alpha value is -2.34. The third-order valence-electron chi connectivity index (χ3n) is 9.37. The van der Waals surface area contributed by atoms with Gasteiger partial charge in [-0.05, 0) is 68.2 Å². The minimum absolute atomic E-state index is 0.296. The molecule has 0 amide bonds. The molecule has 184 valence electrons. The maximum atomic E-state index is 11.3. The Bertz CT molecular complexity index is 1130. The Morgan fingerprint density at radius 3 is 2.77 bits per heavy atom. The van der Waals surface area contributed by atoms with Crippen molar-refractivity contribution in [3.63, 3.8) is 0 Å². The minimum atomic E-state index is -0.508. The first kappa shape index (κ1) is 21.9. The second-order valence-corrected chi connectivity index (χ2v) is 11.2. The molecule has 5 atom stereocenters. The molecule has 5 aliphatic rings. The Labute approximate surface area is 207 Å². The van der Waals surface area contributed by atoms with E-state index in [1.165, 1.54) is 24.0 Å². The predicted octanol–water partition coefficient (Wildman–Crippen LogP) is 4.40. The van der Waals surface area contributed by atoms with Crippen molar-refractivity contribution in [2.75, 3.05) is 19.7 Å². The number of aliphatic hydroxyl groups excluding tert-OH is 1. The number of nitrogens with zero attached hydrogens (tertiary/aromatic N) is 1. The third-order valence-corrected chi connectivity index (χ3v) is 9.37. The molecule has 1 saturated heterocycles. The highest BCUT2D eigenvalue weighted by Crippen LogP contribution is 2.66. The van der Waals surface area contributed by atoms with Crippen molar-refractivity contribution in [1.82, 2.24) is 4.90 Å². The molecule has 2 heterocycles. The summed E-state index contributed by atoms with van der Waals surface area (Å²) < 4.78 is 20.0. The average molecular weight is 474 g/mol. The fraction of sp³-hybridized carbons (Fsp3) is 0.533. The van der Waals surface area contributed by atoms with E-state index in [4.69, 9.17) is 14.2 Å². The smallest absolute Gasteiger partial charge is 0.166 e. The Kier molecular flexibility index (Phi) is 5.06. The summed E-state index contributed by atoms with van der Waals surface area (Å²) in [5.74, 6) is 2.45. The molecule has 3 fully saturated rings. The number of hydrogen-bond donors (Lipinski definition) is 1. The molecule has 1 spiro atoms. The van der Waals surface area contributed by atoms with E-state index in [1.54, 1.807) is 0 Å². The summed E-state index contributed by atoms with van der Waals surface area (Å²) in [7, 11) is 0. The van der Waals surface area contributed by atoms with Crippen molar-refractivity contribution in [3.8, 4) is 11.5 Å². The van der Waals surface area contributed by atoms with Crippen molar-refractivity contribution < 1.29 is 19.3 Å². The van der Waals surface area contributed by atoms with Gasteiger partial charge in [-0.2, -0.15) is 0 Å². The van der Waals surface area contributed by atoms with Gasteiger partial charge < -0.3 is 19.3 Å². The molecule has 1 unspecified atom stereocenters.